The Bertz CT molecular complexity index is 211. The van der Waals surface area contributed by atoms with E-state index in [-0.39, 0.29) is 12.0 Å². The molecule has 1 aliphatic rings. The molecule has 0 amide bonds. The lowest BCUT2D eigenvalue weighted by molar-refractivity contribution is -0.145. The highest BCUT2D eigenvalue weighted by Gasteiger charge is 2.36. The van der Waals surface area contributed by atoms with E-state index in [1.54, 1.807) is 0 Å². The predicted molar refractivity (Wildman–Crippen MR) is 56.2 cm³/mol. The standard InChI is InChI=1S/C11H21NO2/c1-7(2)10(11(13)14)12(4)8(3)9-5-6-9/h7-10H,5-6H2,1-4H3,(H,13,14). The topological polar surface area (TPSA) is 40.5 Å². The molecule has 0 aromatic heterocycles. The summed E-state index contributed by atoms with van der Waals surface area (Å²) in [5, 5.41) is 9.12. The molecule has 1 aliphatic carbocycles. The maximum atomic E-state index is 11.1. The van der Waals surface area contributed by atoms with Crippen LogP contribution in [-0.2, 0) is 4.79 Å². The van der Waals surface area contributed by atoms with Crippen molar-refractivity contribution in [2.24, 2.45) is 11.8 Å². The Labute approximate surface area is 86.1 Å². The average molecular weight is 199 g/mol. The van der Waals surface area contributed by atoms with E-state index in [2.05, 4.69) is 6.92 Å². The smallest absolute Gasteiger partial charge is 0.321 e. The van der Waals surface area contributed by atoms with Crippen LogP contribution in [0.5, 0.6) is 0 Å². The van der Waals surface area contributed by atoms with Gasteiger partial charge in [-0.1, -0.05) is 13.8 Å². The highest BCUT2D eigenvalue weighted by atomic mass is 16.4. The van der Waals surface area contributed by atoms with E-state index in [4.69, 9.17) is 5.11 Å². The minimum atomic E-state index is -0.699. The lowest BCUT2D eigenvalue weighted by Crippen LogP contribution is -2.47. The van der Waals surface area contributed by atoms with Crippen molar-refractivity contribution in [2.45, 2.75) is 45.7 Å². The molecule has 0 saturated heterocycles. The second-order valence-electron chi connectivity index (χ2n) is 4.77. The Kier molecular flexibility index (Phi) is 3.53. The van der Waals surface area contributed by atoms with E-state index >= 15 is 0 Å². The van der Waals surface area contributed by atoms with E-state index in [0.717, 1.165) is 5.92 Å². The van der Waals surface area contributed by atoms with Crippen molar-refractivity contribution >= 4 is 5.97 Å². The van der Waals surface area contributed by atoms with Crippen LogP contribution in [0.3, 0.4) is 0 Å². The van der Waals surface area contributed by atoms with Crippen molar-refractivity contribution in [3.05, 3.63) is 0 Å². The molecular weight excluding hydrogens is 178 g/mol. The van der Waals surface area contributed by atoms with Crippen LogP contribution in [0.4, 0.5) is 0 Å². The van der Waals surface area contributed by atoms with Gasteiger partial charge in [0.1, 0.15) is 6.04 Å². The summed E-state index contributed by atoms with van der Waals surface area (Å²) in [5.74, 6) is 0.189. The van der Waals surface area contributed by atoms with Crippen LogP contribution >= 0.6 is 0 Å². The molecule has 1 rings (SSSR count). The van der Waals surface area contributed by atoms with Gasteiger partial charge in [-0.15, -0.1) is 0 Å². The Morgan fingerprint density at radius 3 is 2.14 bits per heavy atom. The summed E-state index contributed by atoms with van der Waals surface area (Å²) in [7, 11) is 1.93. The normalized spacial score (nSPS) is 21.3. The van der Waals surface area contributed by atoms with Crippen molar-refractivity contribution in [3.63, 3.8) is 0 Å². The van der Waals surface area contributed by atoms with Crippen LogP contribution in [0, 0.1) is 11.8 Å². The molecule has 1 saturated carbocycles. The van der Waals surface area contributed by atoms with E-state index in [1.807, 2.05) is 25.8 Å². The highest BCUT2D eigenvalue weighted by Crippen LogP contribution is 2.35. The number of rotatable bonds is 5. The molecule has 1 fully saturated rings. The first-order chi connectivity index (χ1) is 6.45. The molecule has 2 unspecified atom stereocenters. The van der Waals surface area contributed by atoms with E-state index in [9.17, 15) is 4.79 Å². The van der Waals surface area contributed by atoms with Crippen molar-refractivity contribution in [1.29, 1.82) is 0 Å². The first-order valence-electron chi connectivity index (χ1n) is 5.40. The van der Waals surface area contributed by atoms with Crippen LogP contribution in [0.2, 0.25) is 0 Å². The number of likely N-dealkylation sites (N-methyl/N-ethyl adjacent to an activating group) is 1. The molecule has 0 bridgehead atoms. The Morgan fingerprint density at radius 1 is 1.36 bits per heavy atom. The third-order valence-electron chi connectivity index (χ3n) is 3.27. The zero-order valence-electron chi connectivity index (χ0n) is 9.53. The zero-order chi connectivity index (χ0) is 10.9. The number of carbonyl (C=O) groups is 1. The second-order valence-corrected chi connectivity index (χ2v) is 4.77. The predicted octanol–water partition coefficient (Wildman–Crippen LogP) is 1.83. The molecule has 0 aromatic rings. The lowest BCUT2D eigenvalue weighted by atomic mass is 10.0. The fourth-order valence-electron chi connectivity index (χ4n) is 2.09. The largest absolute Gasteiger partial charge is 0.480 e. The summed E-state index contributed by atoms with van der Waals surface area (Å²) in [6, 6.07) is 0.0594. The van der Waals surface area contributed by atoms with Crippen LogP contribution in [0.1, 0.15) is 33.6 Å². The Hall–Kier alpha value is -0.570. The monoisotopic (exact) mass is 199 g/mol. The van der Waals surface area contributed by atoms with E-state index in [0.29, 0.717) is 6.04 Å². The summed E-state index contributed by atoms with van der Waals surface area (Å²) >= 11 is 0. The molecular formula is C11H21NO2. The third-order valence-corrected chi connectivity index (χ3v) is 3.27. The third kappa shape index (κ3) is 2.47. The first kappa shape index (κ1) is 11.5. The van der Waals surface area contributed by atoms with Crippen LogP contribution in [0.25, 0.3) is 0 Å². The van der Waals surface area contributed by atoms with Crippen molar-refractivity contribution in [2.75, 3.05) is 7.05 Å². The van der Waals surface area contributed by atoms with Gasteiger partial charge in [-0.2, -0.15) is 0 Å². The SMILES string of the molecule is CC(C)C(C(=O)O)N(C)C(C)C1CC1. The van der Waals surface area contributed by atoms with Gasteiger partial charge in [0.05, 0.1) is 0 Å². The highest BCUT2D eigenvalue weighted by molar-refractivity contribution is 5.73. The van der Waals surface area contributed by atoms with Gasteiger partial charge in [-0.3, -0.25) is 9.69 Å². The van der Waals surface area contributed by atoms with Crippen LogP contribution in [-0.4, -0.2) is 35.1 Å². The van der Waals surface area contributed by atoms with Crippen molar-refractivity contribution in [3.8, 4) is 0 Å². The number of nitrogens with zero attached hydrogens (tertiary/aromatic N) is 1. The molecule has 14 heavy (non-hydrogen) atoms. The molecule has 82 valence electrons. The van der Waals surface area contributed by atoms with Crippen LogP contribution in [0.15, 0.2) is 0 Å². The number of hydrogen-bond acceptors (Lipinski definition) is 2. The number of carboxylic acid groups (broad SMARTS) is 1. The Morgan fingerprint density at radius 2 is 1.86 bits per heavy atom. The molecule has 0 aromatic carbocycles. The summed E-state index contributed by atoms with van der Waals surface area (Å²) in [6.45, 7) is 6.07. The van der Waals surface area contributed by atoms with Gasteiger partial charge in [-0.25, -0.2) is 0 Å². The number of carboxylic acids is 1. The lowest BCUT2D eigenvalue weighted by Gasteiger charge is -2.32. The molecule has 3 nitrogen and oxygen atoms in total. The summed E-state index contributed by atoms with van der Waals surface area (Å²) in [6.07, 6.45) is 2.52. The molecule has 0 radical (unpaired) electrons. The van der Waals surface area contributed by atoms with Gasteiger partial charge >= 0.3 is 5.97 Å². The van der Waals surface area contributed by atoms with Crippen molar-refractivity contribution in [1.82, 2.24) is 4.90 Å². The second kappa shape index (κ2) is 4.30. The van der Waals surface area contributed by atoms with Gasteiger partial charge < -0.3 is 5.11 Å². The molecule has 1 N–H and O–H groups in total. The van der Waals surface area contributed by atoms with Gasteiger partial charge in [0.15, 0.2) is 0 Å². The van der Waals surface area contributed by atoms with Gasteiger partial charge in [0.2, 0.25) is 0 Å². The van der Waals surface area contributed by atoms with Crippen LogP contribution < -0.4 is 0 Å². The molecule has 0 aliphatic heterocycles. The summed E-state index contributed by atoms with van der Waals surface area (Å²) in [5.41, 5.74) is 0. The number of aliphatic carboxylic acids is 1. The van der Waals surface area contributed by atoms with Gasteiger partial charge in [-0.05, 0) is 38.6 Å². The summed E-state index contributed by atoms with van der Waals surface area (Å²) in [4.78, 5) is 13.1. The average Bonchev–Trinajstić information content (AvgIpc) is 2.83. The van der Waals surface area contributed by atoms with Gasteiger partial charge in [0.25, 0.3) is 0 Å². The molecule has 2 atom stereocenters. The molecule has 0 heterocycles. The van der Waals surface area contributed by atoms with Gasteiger partial charge in [0, 0.05) is 6.04 Å². The minimum absolute atomic E-state index is 0.165. The zero-order valence-corrected chi connectivity index (χ0v) is 9.53. The quantitative estimate of drug-likeness (QED) is 0.734. The van der Waals surface area contributed by atoms with E-state index in [1.165, 1.54) is 12.8 Å². The molecule has 3 heteroatoms. The minimum Gasteiger partial charge on any atom is -0.480 e. The van der Waals surface area contributed by atoms with E-state index < -0.39 is 5.97 Å². The fourth-order valence-corrected chi connectivity index (χ4v) is 2.09. The maximum Gasteiger partial charge on any atom is 0.321 e. The number of hydrogen-bond donors (Lipinski definition) is 1. The first-order valence-corrected chi connectivity index (χ1v) is 5.40. The maximum absolute atomic E-state index is 11.1. The Balaban J connectivity index is 2.61. The fraction of sp³-hybridized carbons (Fsp3) is 0.909. The summed E-state index contributed by atoms with van der Waals surface area (Å²) < 4.78 is 0. The van der Waals surface area contributed by atoms with Crippen molar-refractivity contribution < 1.29 is 9.90 Å². The molecule has 0 spiro atoms.